The van der Waals surface area contributed by atoms with Gasteiger partial charge in [0.25, 0.3) is 10.0 Å². The molecule has 0 saturated heterocycles. The van der Waals surface area contributed by atoms with Crippen LogP contribution in [-0.4, -0.2) is 18.2 Å². The van der Waals surface area contributed by atoms with E-state index in [1.165, 1.54) is 10.9 Å². The molecule has 0 spiro atoms. The quantitative estimate of drug-likeness (QED) is 0.817. The van der Waals surface area contributed by atoms with Crippen LogP contribution in [0.1, 0.15) is 5.69 Å². The Bertz CT molecular complexity index is 773. The molecule has 0 bridgehead atoms. The number of nitrogens with two attached hydrogens (primary N) is 1. The van der Waals surface area contributed by atoms with Gasteiger partial charge < -0.3 is 5.73 Å². The Hall–Kier alpha value is -1.61. The normalized spacial score (nSPS) is 11.6. The van der Waals surface area contributed by atoms with Crippen LogP contribution in [0.2, 0.25) is 0 Å². The predicted molar refractivity (Wildman–Crippen MR) is 77.3 cm³/mol. The van der Waals surface area contributed by atoms with Gasteiger partial charge in [-0.1, -0.05) is 0 Å². The minimum absolute atomic E-state index is 0.0956. The summed E-state index contributed by atoms with van der Waals surface area (Å²) in [5.74, 6) is -0.687. The van der Waals surface area contributed by atoms with Crippen LogP contribution in [0, 0.1) is 12.7 Å². The lowest BCUT2D eigenvalue weighted by atomic mass is 10.3. The van der Waals surface area contributed by atoms with E-state index in [9.17, 15) is 12.8 Å². The van der Waals surface area contributed by atoms with Gasteiger partial charge in [-0.25, -0.2) is 12.8 Å². The van der Waals surface area contributed by atoms with Crippen molar-refractivity contribution in [1.82, 2.24) is 9.78 Å². The number of sulfonamides is 1. The van der Waals surface area contributed by atoms with Gasteiger partial charge in [0.05, 0.1) is 17.1 Å². The van der Waals surface area contributed by atoms with Gasteiger partial charge in [0.15, 0.2) is 0 Å². The molecule has 0 saturated carbocycles. The highest BCUT2D eigenvalue weighted by molar-refractivity contribution is 9.10. The Morgan fingerprint density at radius 2 is 2.10 bits per heavy atom. The molecule has 108 valence electrons. The van der Waals surface area contributed by atoms with E-state index in [0.29, 0.717) is 11.4 Å². The Morgan fingerprint density at radius 3 is 2.65 bits per heavy atom. The summed E-state index contributed by atoms with van der Waals surface area (Å²) in [6, 6.07) is 2.08. The first-order valence-electron chi connectivity index (χ1n) is 5.48. The summed E-state index contributed by atoms with van der Waals surface area (Å²) in [6.07, 6.45) is 1.54. The highest BCUT2D eigenvalue weighted by Crippen LogP contribution is 2.28. The Balaban J connectivity index is 2.46. The summed E-state index contributed by atoms with van der Waals surface area (Å²) in [7, 11) is -2.21. The van der Waals surface area contributed by atoms with Gasteiger partial charge >= 0.3 is 0 Å². The number of nitrogens with one attached hydrogen (secondary N) is 1. The number of hydrogen-bond acceptors (Lipinski definition) is 4. The highest BCUT2D eigenvalue weighted by Gasteiger charge is 2.21. The standard InChI is InChI=1S/C11H12BrFN4O2S/c1-6-10(5-17(2)15-6)16-20(18,19)11-4-9(14)8(13)3-7(11)12/h3-5,16H,14H2,1-2H3. The fraction of sp³-hybridized carbons (Fsp3) is 0.182. The van der Waals surface area contributed by atoms with Crippen LogP contribution >= 0.6 is 15.9 Å². The van der Waals surface area contributed by atoms with E-state index in [1.807, 2.05) is 0 Å². The largest absolute Gasteiger partial charge is 0.396 e. The molecule has 2 rings (SSSR count). The van der Waals surface area contributed by atoms with Crippen molar-refractivity contribution >= 4 is 37.3 Å². The molecule has 0 aliphatic carbocycles. The highest BCUT2D eigenvalue weighted by atomic mass is 79.9. The average molecular weight is 363 g/mol. The number of nitrogen functional groups attached to an aromatic ring is 1. The lowest BCUT2D eigenvalue weighted by Crippen LogP contribution is -2.14. The van der Waals surface area contributed by atoms with Crippen molar-refractivity contribution in [2.75, 3.05) is 10.5 Å². The van der Waals surface area contributed by atoms with E-state index in [-0.39, 0.29) is 15.1 Å². The zero-order valence-electron chi connectivity index (χ0n) is 10.7. The molecule has 2 aromatic rings. The smallest absolute Gasteiger partial charge is 0.263 e. The zero-order valence-corrected chi connectivity index (χ0v) is 13.1. The molecule has 0 fully saturated rings. The molecule has 0 unspecified atom stereocenters. The number of hydrogen-bond donors (Lipinski definition) is 2. The van der Waals surface area contributed by atoms with E-state index < -0.39 is 15.8 Å². The molecular formula is C11H12BrFN4O2S. The number of halogens is 2. The second kappa shape index (κ2) is 5.06. The second-order valence-corrected chi connectivity index (χ2v) is 6.72. The number of benzene rings is 1. The summed E-state index contributed by atoms with van der Waals surface area (Å²) in [5.41, 5.74) is 6.05. The van der Waals surface area contributed by atoms with Crippen LogP contribution in [0.15, 0.2) is 27.7 Å². The zero-order chi connectivity index (χ0) is 15.1. The number of anilines is 2. The van der Waals surface area contributed by atoms with Crippen LogP contribution in [0.4, 0.5) is 15.8 Å². The van der Waals surface area contributed by atoms with Gasteiger partial charge in [0, 0.05) is 17.7 Å². The molecule has 9 heteroatoms. The third kappa shape index (κ3) is 2.78. The van der Waals surface area contributed by atoms with Crippen molar-refractivity contribution in [3.05, 3.63) is 34.3 Å². The molecule has 0 aliphatic heterocycles. The third-order valence-corrected chi connectivity index (χ3v) is 4.92. The van der Waals surface area contributed by atoms with E-state index in [1.54, 1.807) is 14.0 Å². The second-order valence-electron chi connectivity index (χ2n) is 4.21. The minimum atomic E-state index is -3.89. The first-order chi connectivity index (χ1) is 9.20. The Morgan fingerprint density at radius 1 is 1.45 bits per heavy atom. The maximum absolute atomic E-state index is 13.3. The minimum Gasteiger partial charge on any atom is -0.396 e. The van der Waals surface area contributed by atoms with Crippen LogP contribution in [-0.2, 0) is 17.1 Å². The first-order valence-corrected chi connectivity index (χ1v) is 7.76. The average Bonchev–Trinajstić information content (AvgIpc) is 2.61. The van der Waals surface area contributed by atoms with E-state index in [4.69, 9.17) is 5.73 Å². The lowest BCUT2D eigenvalue weighted by molar-refractivity contribution is 0.599. The number of aryl methyl sites for hydroxylation is 2. The lowest BCUT2D eigenvalue weighted by Gasteiger charge is -2.10. The van der Waals surface area contributed by atoms with Crippen molar-refractivity contribution in [1.29, 1.82) is 0 Å². The summed E-state index contributed by atoms with van der Waals surface area (Å²) in [6.45, 7) is 1.67. The maximum Gasteiger partial charge on any atom is 0.263 e. The summed E-state index contributed by atoms with van der Waals surface area (Å²) < 4.78 is 41.8. The van der Waals surface area contributed by atoms with Gasteiger partial charge in [-0.3, -0.25) is 9.40 Å². The van der Waals surface area contributed by atoms with Crippen molar-refractivity contribution in [3.8, 4) is 0 Å². The summed E-state index contributed by atoms with van der Waals surface area (Å²) >= 11 is 3.02. The molecule has 0 radical (unpaired) electrons. The van der Waals surface area contributed by atoms with Crippen LogP contribution < -0.4 is 10.5 Å². The van der Waals surface area contributed by atoms with Crippen molar-refractivity contribution in [3.63, 3.8) is 0 Å². The SMILES string of the molecule is Cc1nn(C)cc1NS(=O)(=O)c1cc(N)c(F)cc1Br. The topological polar surface area (TPSA) is 90.0 Å². The number of nitrogens with zero attached hydrogens (tertiary/aromatic N) is 2. The van der Waals surface area contributed by atoms with Gasteiger partial charge in [-0.05, 0) is 35.0 Å². The monoisotopic (exact) mass is 362 g/mol. The molecule has 1 aromatic heterocycles. The van der Waals surface area contributed by atoms with Crippen molar-refractivity contribution in [2.45, 2.75) is 11.8 Å². The van der Waals surface area contributed by atoms with Gasteiger partial charge in [0.2, 0.25) is 0 Å². The first kappa shape index (κ1) is 14.8. The Labute approximate surface area is 124 Å². The number of rotatable bonds is 3. The molecule has 6 nitrogen and oxygen atoms in total. The maximum atomic E-state index is 13.3. The van der Waals surface area contributed by atoms with Crippen LogP contribution in [0.5, 0.6) is 0 Å². The Kier molecular flexibility index (Phi) is 3.74. The van der Waals surface area contributed by atoms with Crippen LogP contribution in [0.3, 0.4) is 0 Å². The molecular weight excluding hydrogens is 351 g/mol. The molecule has 0 atom stereocenters. The van der Waals surface area contributed by atoms with Gasteiger partial charge in [-0.2, -0.15) is 5.10 Å². The molecule has 1 heterocycles. The molecule has 0 amide bonds. The molecule has 20 heavy (non-hydrogen) atoms. The molecule has 0 aliphatic rings. The van der Waals surface area contributed by atoms with Gasteiger partial charge in [-0.15, -0.1) is 0 Å². The van der Waals surface area contributed by atoms with Crippen molar-refractivity contribution < 1.29 is 12.8 Å². The predicted octanol–water partition coefficient (Wildman–Crippen LogP) is 2.01. The van der Waals surface area contributed by atoms with E-state index in [0.717, 1.165) is 12.1 Å². The summed E-state index contributed by atoms with van der Waals surface area (Å²) in [5, 5.41) is 4.04. The fourth-order valence-electron chi connectivity index (χ4n) is 1.65. The number of aromatic nitrogens is 2. The van der Waals surface area contributed by atoms with Crippen LogP contribution in [0.25, 0.3) is 0 Å². The van der Waals surface area contributed by atoms with Gasteiger partial charge in [0.1, 0.15) is 10.7 Å². The molecule has 1 aromatic carbocycles. The van der Waals surface area contributed by atoms with E-state index >= 15 is 0 Å². The third-order valence-electron chi connectivity index (χ3n) is 2.60. The fourth-order valence-corrected chi connectivity index (χ4v) is 3.80. The summed E-state index contributed by atoms with van der Waals surface area (Å²) in [4.78, 5) is -0.139. The van der Waals surface area contributed by atoms with Crippen molar-refractivity contribution in [2.24, 2.45) is 7.05 Å². The molecule has 3 N–H and O–H groups in total. The van der Waals surface area contributed by atoms with E-state index in [2.05, 4.69) is 25.8 Å².